The van der Waals surface area contributed by atoms with Crippen molar-refractivity contribution in [1.29, 1.82) is 0 Å². The molecular formula is C15H20Cl2N2S. The molecular weight excluding hydrogens is 311 g/mol. The van der Waals surface area contributed by atoms with Gasteiger partial charge in [0.25, 0.3) is 0 Å². The first-order chi connectivity index (χ1) is 9.45. The molecule has 1 heterocycles. The maximum Gasteiger partial charge on any atom is 0.157 e. The number of rotatable bonds is 4. The van der Waals surface area contributed by atoms with Crippen molar-refractivity contribution in [3.63, 3.8) is 0 Å². The van der Waals surface area contributed by atoms with Gasteiger partial charge in [-0.3, -0.25) is 4.99 Å². The third kappa shape index (κ3) is 4.31. The van der Waals surface area contributed by atoms with E-state index in [0.717, 1.165) is 17.3 Å². The Morgan fingerprint density at radius 3 is 2.75 bits per heavy atom. The molecule has 2 unspecified atom stereocenters. The van der Waals surface area contributed by atoms with Crippen LogP contribution < -0.4 is 5.32 Å². The lowest BCUT2D eigenvalue weighted by atomic mass is 10.1. The summed E-state index contributed by atoms with van der Waals surface area (Å²) < 4.78 is 0. The van der Waals surface area contributed by atoms with Crippen LogP contribution in [0, 0.1) is 5.92 Å². The standard InChI is InChI=1S/C15H20Cl2N2S/c1-9(2)6-12-8-18-15(20-12)19-10(3)13-5-4-11(16)7-14(13)17/h4-5,7,9-10,12H,6,8H2,1-3H3,(H,18,19). The first-order valence-electron chi connectivity index (χ1n) is 6.88. The lowest BCUT2D eigenvalue weighted by molar-refractivity contribution is 0.575. The highest BCUT2D eigenvalue weighted by molar-refractivity contribution is 8.14. The van der Waals surface area contributed by atoms with Crippen LogP contribution in [0.2, 0.25) is 10.0 Å². The molecule has 1 aliphatic heterocycles. The number of amidine groups is 1. The topological polar surface area (TPSA) is 24.4 Å². The van der Waals surface area contributed by atoms with Gasteiger partial charge in [-0.05, 0) is 37.0 Å². The van der Waals surface area contributed by atoms with Gasteiger partial charge in [0.05, 0.1) is 12.6 Å². The number of benzene rings is 1. The largest absolute Gasteiger partial charge is 0.358 e. The molecule has 0 saturated carbocycles. The second-order valence-corrected chi connectivity index (χ2v) is 7.68. The average molecular weight is 331 g/mol. The quantitative estimate of drug-likeness (QED) is 0.824. The van der Waals surface area contributed by atoms with Gasteiger partial charge in [-0.25, -0.2) is 0 Å². The zero-order valence-electron chi connectivity index (χ0n) is 12.0. The lowest BCUT2D eigenvalue weighted by Gasteiger charge is -2.17. The molecule has 2 atom stereocenters. The molecule has 5 heteroatoms. The molecule has 1 aliphatic rings. The number of nitrogens with one attached hydrogen (secondary N) is 1. The second kappa shape index (κ2) is 7.06. The van der Waals surface area contributed by atoms with E-state index in [9.17, 15) is 0 Å². The van der Waals surface area contributed by atoms with E-state index < -0.39 is 0 Å². The van der Waals surface area contributed by atoms with E-state index >= 15 is 0 Å². The molecule has 0 fully saturated rings. The van der Waals surface area contributed by atoms with E-state index in [0.29, 0.717) is 21.2 Å². The van der Waals surface area contributed by atoms with Crippen LogP contribution in [0.5, 0.6) is 0 Å². The van der Waals surface area contributed by atoms with Gasteiger partial charge in [-0.1, -0.05) is 54.9 Å². The Hall–Kier alpha value is -0.380. The van der Waals surface area contributed by atoms with Crippen LogP contribution in [0.4, 0.5) is 0 Å². The van der Waals surface area contributed by atoms with Crippen molar-refractivity contribution in [2.24, 2.45) is 10.9 Å². The molecule has 1 N–H and O–H groups in total. The Morgan fingerprint density at radius 2 is 2.10 bits per heavy atom. The Bertz CT molecular complexity index is 503. The van der Waals surface area contributed by atoms with Gasteiger partial charge < -0.3 is 5.32 Å². The fraction of sp³-hybridized carbons (Fsp3) is 0.533. The highest BCUT2D eigenvalue weighted by atomic mass is 35.5. The molecule has 1 aromatic rings. The molecule has 2 rings (SSSR count). The van der Waals surface area contributed by atoms with Crippen LogP contribution in [-0.4, -0.2) is 17.0 Å². The number of thioether (sulfide) groups is 1. The minimum Gasteiger partial charge on any atom is -0.358 e. The zero-order valence-corrected chi connectivity index (χ0v) is 14.3. The summed E-state index contributed by atoms with van der Waals surface area (Å²) in [6.07, 6.45) is 1.20. The maximum absolute atomic E-state index is 6.24. The molecule has 2 nitrogen and oxygen atoms in total. The van der Waals surface area contributed by atoms with Gasteiger partial charge in [-0.15, -0.1) is 0 Å². The molecule has 110 valence electrons. The maximum atomic E-state index is 6.24. The summed E-state index contributed by atoms with van der Waals surface area (Å²) in [6, 6.07) is 5.74. The molecule has 0 saturated heterocycles. The highest BCUT2D eigenvalue weighted by Crippen LogP contribution is 2.29. The summed E-state index contributed by atoms with van der Waals surface area (Å²) in [5, 5.41) is 6.43. The van der Waals surface area contributed by atoms with E-state index in [4.69, 9.17) is 23.2 Å². The van der Waals surface area contributed by atoms with Crippen molar-refractivity contribution in [3.8, 4) is 0 Å². The minimum absolute atomic E-state index is 0.129. The molecule has 0 spiro atoms. The molecule has 0 aromatic heterocycles. The molecule has 0 amide bonds. The SMILES string of the molecule is CC(C)CC1CN=C(NC(C)c2ccc(Cl)cc2Cl)S1. The number of nitrogens with zero attached hydrogens (tertiary/aromatic N) is 1. The van der Waals surface area contributed by atoms with Gasteiger partial charge in [0.1, 0.15) is 0 Å². The second-order valence-electron chi connectivity index (χ2n) is 5.55. The molecule has 0 bridgehead atoms. The number of halogens is 2. The van der Waals surface area contributed by atoms with E-state index in [1.54, 1.807) is 6.07 Å². The van der Waals surface area contributed by atoms with Crippen LogP contribution >= 0.6 is 35.0 Å². The fourth-order valence-electron chi connectivity index (χ4n) is 2.26. The van der Waals surface area contributed by atoms with Crippen molar-refractivity contribution in [2.75, 3.05) is 6.54 Å². The van der Waals surface area contributed by atoms with Crippen molar-refractivity contribution < 1.29 is 0 Å². The Kier molecular flexibility index (Phi) is 5.65. The normalized spacial score (nSPS) is 20.1. The van der Waals surface area contributed by atoms with Crippen molar-refractivity contribution in [3.05, 3.63) is 33.8 Å². The monoisotopic (exact) mass is 330 g/mol. The summed E-state index contributed by atoms with van der Waals surface area (Å²) in [4.78, 5) is 4.58. The highest BCUT2D eigenvalue weighted by Gasteiger charge is 2.22. The predicted octanol–water partition coefficient (Wildman–Crippen LogP) is 5.16. The van der Waals surface area contributed by atoms with E-state index in [1.807, 2.05) is 23.9 Å². The van der Waals surface area contributed by atoms with E-state index in [2.05, 4.69) is 31.1 Å². The van der Waals surface area contributed by atoms with E-state index in [-0.39, 0.29) is 6.04 Å². The van der Waals surface area contributed by atoms with E-state index in [1.165, 1.54) is 6.42 Å². The smallest absolute Gasteiger partial charge is 0.157 e. The summed E-state index contributed by atoms with van der Waals surface area (Å²) in [7, 11) is 0. The molecule has 0 aliphatic carbocycles. The first kappa shape index (κ1) is 16.0. The van der Waals surface area contributed by atoms with Gasteiger partial charge in [0.2, 0.25) is 0 Å². The van der Waals surface area contributed by atoms with Gasteiger partial charge in [0.15, 0.2) is 5.17 Å². The lowest BCUT2D eigenvalue weighted by Crippen LogP contribution is -2.23. The first-order valence-corrected chi connectivity index (χ1v) is 8.52. The average Bonchev–Trinajstić information content (AvgIpc) is 2.75. The number of hydrogen-bond acceptors (Lipinski definition) is 3. The van der Waals surface area contributed by atoms with Crippen LogP contribution in [0.3, 0.4) is 0 Å². The predicted molar refractivity (Wildman–Crippen MR) is 91.1 cm³/mol. The fourth-order valence-corrected chi connectivity index (χ4v) is 4.17. The van der Waals surface area contributed by atoms with Crippen LogP contribution in [0.25, 0.3) is 0 Å². The number of hydrogen-bond donors (Lipinski definition) is 1. The molecule has 0 radical (unpaired) electrons. The van der Waals surface area contributed by atoms with Crippen molar-refractivity contribution in [1.82, 2.24) is 5.32 Å². The molecule has 20 heavy (non-hydrogen) atoms. The third-order valence-corrected chi connectivity index (χ3v) is 4.93. The Morgan fingerprint density at radius 1 is 1.35 bits per heavy atom. The van der Waals surface area contributed by atoms with Crippen molar-refractivity contribution >= 4 is 40.1 Å². The van der Waals surface area contributed by atoms with Crippen molar-refractivity contribution in [2.45, 2.75) is 38.5 Å². The van der Waals surface area contributed by atoms with Crippen LogP contribution in [0.1, 0.15) is 38.8 Å². The Balaban J connectivity index is 1.94. The van der Waals surface area contributed by atoms with Crippen LogP contribution in [-0.2, 0) is 0 Å². The summed E-state index contributed by atoms with van der Waals surface area (Å²) in [5.74, 6) is 0.713. The summed E-state index contributed by atoms with van der Waals surface area (Å²) in [5.41, 5.74) is 1.05. The number of aliphatic imine (C=N–C) groups is 1. The van der Waals surface area contributed by atoms with Gasteiger partial charge in [-0.2, -0.15) is 0 Å². The minimum atomic E-state index is 0.129. The Labute approximate surface area is 135 Å². The third-order valence-electron chi connectivity index (χ3n) is 3.22. The van der Waals surface area contributed by atoms with Gasteiger partial charge in [0, 0.05) is 15.3 Å². The summed E-state index contributed by atoms with van der Waals surface area (Å²) >= 11 is 14.0. The molecule has 1 aromatic carbocycles. The van der Waals surface area contributed by atoms with Gasteiger partial charge >= 0.3 is 0 Å². The van der Waals surface area contributed by atoms with Crippen LogP contribution in [0.15, 0.2) is 23.2 Å². The zero-order chi connectivity index (χ0) is 14.7. The summed E-state index contributed by atoms with van der Waals surface area (Å²) in [6.45, 7) is 7.50.